The smallest absolute Gasteiger partial charge is 0.159 e. The Bertz CT molecular complexity index is 3950. The molecule has 0 saturated heterocycles. The molecule has 13 aromatic rings. The van der Waals surface area contributed by atoms with Gasteiger partial charge in [0, 0.05) is 55.1 Å². The van der Waals surface area contributed by atoms with Gasteiger partial charge in [0.15, 0.2) is 11.2 Å². The standard InChI is InChI=1S/C64H42N2O2/c1-4-17-46(18-5-1)52-26-13-28-54-56-30-15-33-59(63(56)67-61(52)54)65(48-23-8-3-9-24-48)49-39-35-43(36-40-49)44-37-41-50(42-38-44)66(58-32-12-22-45-21-10-11-25-51(45)58)60-34-16-31-57-55-29-14-27-53(62(55)68-64(57)60)47-19-6-2-7-20-47/h1-42H. The van der Waals surface area contributed by atoms with Crippen LogP contribution in [0.3, 0.4) is 0 Å². The third-order valence-corrected chi connectivity index (χ3v) is 13.3. The van der Waals surface area contributed by atoms with Crippen molar-refractivity contribution in [2.75, 3.05) is 9.80 Å². The minimum Gasteiger partial charge on any atom is -0.453 e. The van der Waals surface area contributed by atoms with E-state index in [9.17, 15) is 0 Å². The summed E-state index contributed by atoms with van der Waals surface area (Å²) in [6, 6.07) is 90.2. The lowest BCUT2D eigenvalue weighted by Crippen LogP contribution is -2.10. The van der Waals surface area contributed by atoms with Gasteiger partial charge in [0.25, 0.3) is 0 Å². The van der Waals surface area contributed by atoms with E-state index in [1.165, 1.54) is 5.39 Å². The second-order valence-corrected chi connectivity index (χ2v) is 17.2. The van der Waals surface area contributed by atoms with E-state index in [0.717, 1.165) is 117 Å². The van der Waals surface area contributed by atoms with Crippen molar-refractivity contribution in [3.05, 3.63) is 255 Å². The molecule has 68 heavy (non-hydrogen) atoms. The van der Waals surface area contributed by atoms with Crippen molar-refractivity contribution in [2.24, 2.45) is 0 Å². The van der Waals surface area contributed by atoms with Crippen molar-refractivity contribution in [2.45, 2.75) is 0 Å². The van der Waals surface area contributed by atoms with Gasteiger partial charge in [-0.15, -0.1) is 0 Å². The van der Waals surface area contributed by atoms with Crippen molar-refractivity contribution in [3.8, 4) is 33.4 Å². The summed E-state index contributed by atoms with van der Waals surface area (Å²) >= 11 is 0. The molecule has 2 aromatic heterocycles. The van der Waals surface area contributed by atoms with Crippen LogP contribution in [0.15, 0.2) is 264 Å². The quantitative estimate of drug-likeness (QED) is 0.145. The molecule has 0 atom stereocenters. The largest absolute Gasteiger partial charge is 0.453 e. The summed E-state index contributed by atoms with van der Waals surface area (Å²) in [5.41, 5.74) is 16.2. The van der Waals surface area contributed by atoms with Crippen LogP contribution < -0.4 is 9.80 Å². The Morgan fingerprint density at radius 3 is 1.13 bits per heavy atom. The molecule has 11 aromatic carbocycles. The second kappa shape index (κ2) is 16.4. The van der Waals surface area contributed by atoms with E-state index >= 15 is 0 Å². The summed E-state index contributed by atoms with van der Waals surface area (Å²) in [7, 11) is 0. The zero-order chi connectivity index (χ0) is 45.0. The zero-order valence-corrected chi connectivity index (χ0v) is 37.0. The topological polar surface area (TPSA) is 32.8 Å². The third-order valence-electron chi connectivity index (χ3n) is 13.3. The minimum absolute atomic E-state index is 0.844. The van der Waals surface area contributed by atoms with Gasteiger partial charge in [0.2, 0.25) is 0 Å². The SMILES string of the molecule is c1ccc(-c2cccc3c2oc2c(N(c4ccccc4)c4ccc(-c5ccc(N(c6cccc7ccccc67)c6cccc7c6oc6c(-c8ccccc8)cccc67)cc5)cc4)cccc23)cc1. The number of hydrogen-bond donors (Lipinski definition) is 0. The number of hydrogen-bond acceptors (Lipinski definition) is 4. The molecule has 0 saturated carbocycles. The third kappa shape index (κ3) is 6.61. The van der Waals surface area contributed by atoms with E-state index in [0.29, 0.717) is 0 Å². The highest BCUT2D eigenvalue weighted by Crippen LogP contribution is 2.47. The number of nitrogens with zero attached hydrogens (tertiary/aromatic N) is 2. The Kier molecular flexibility index (Phi) is 9.47. The van der Waals surface area contributed by atoms with Gasteiger partial charge < -0.3 is 18.6 Å². The summed E-state index contributed by atoms with van der Waals surface area (Å²) in [4.78, 5) is 4.64. The van der Waals surface area contributed by atoms with Gasteiger partial charge in [0.1, 0.15) is 11.2 Å². The number of furan rings is 2. The van der Waals surface area contributed by atoms with Crippen LogP contribution in [0.1, 0.15) is 0 Å². The molecule has 0 fully saturated rings. The van der Waals surface area contributed by atoms with Crippen LogP contribution in [0.4, 0.5) is 34.1 Å². The fraction of sp³-hybridized carbons (Fsp3) is 0. The van der Waals surface area contributed by atoms with Crippen molar-refractivity contribution in [3.63, 3.8) is 0 Å². The summed E-state index contributed by atoms with van der Waals surface area (Å²) < 4.78 is 13.9. The Morgan fingerprint density at radius 1 is 0.221 bits per heavy atom. The van der Waals surface area contributed by atoms with Gasteiger partial charge in [-0.1, -0.05) is 200 Å². The molecule has 0 aliphatic rings. The summed E-state index contributed by atoms with van der Waals surface area (Å²) in [6.07, 6.45) is 0. The summed E-state index contributed by atoms with van der Waals surface area (Å²) in [5.74, 6) is 0. The zero-order valence-electron chi connectivity index (χ0n) is 37.0. The van der Waals surface area contributed by atoms with E-state index in [-0.39, 0.29) is 0 Å². The van der Waals surface area contributed by atoms with Crippen LogP contribution in [-0.2, 0) is 0 Å². The van der Waals surface area contributed by atoms with Gasteiger partial charge in [0.05, 0.1) is 17.1 Å². The van der Waals surface area contributed by atoms with Crippen LogP contribution in [-0.4, -0.2) is 0 Å². The molecule has 0 amide bonds. The molecular weight excluding hydrogens is 829 g/mol. The van der Waals surface area contributed by atoms with Crippen LogP contribution in [0.2, 0.25) is 0 Å². The number of para-hydroxylation sites is 5. The predicted molar refractivity (Wildman–Crippen MR) is 284 cm³/mol. The van der Waals surface area contributed by atoms with Crippen LogP contribution in [0.5, 0.6) is 0 Å². The lowest BCUT2D eigenvalue weighted by molar-refractivity contribution is 0.670. The highest BCUT2D eigenvalue weighted by Gasteiger charge is 2.24. The molecule has 0 radical (unpaired) electrons. The van der Waals surface area contributed by atoms with Gasteiger partial charge in [-0.2, -0.15) is 0 Å². The molecule has 0 spiro atoms. The number of rotatable bonds is 9. The van der Waals surface area contributed by atoms with Crippen molar-refractivity contribution >= 4 is 88.8 Å². The maximum absolute atomic E-state index is 7.00. The Hall–Kier alpha value is -9.12. The van der Waals surface area contributed by atoms with Crippen molar-refractivity contribution < 1.29 is 8.83 Å². The second-order valence-electron chi connectivity index (χ2n) is 17.2. The molecule has 13 rings (SSSR count). The van der Waals surface area contributed by atoms with Gasteiger partial charge >= 0.3 is 0 Å². The van der Waals surface area contributed by atoms with Crippen molar-refractivity contribution in [1.82, 2.24) is 0 Å². The lowest BCUT2D eigenvalue weighted by atomic mass is 10.0. The highest BCUT2D eigenvalue weighted by molar-refractivity contribution is 6.15. The maximum Gasteiger partial charge on any atom is 0.159 e. The molecular formula is C64H42N2O2. The molecule has 4 heteroatoms. The van der Waals surface area contributed by atoms with Crippen LogP contribution in [0.25, 0.3) is 88.0 Å². The van der Waals surface area contributed by atoms with Crippen molar-refractivity contribution in [1.29, 1.82) is 0 Å². The molecule has 0 bridgehead atoms. The first-order valence-electron chi connectivity index (χ1n) is 23.1. The van der Waals surface area contributed by atoms with E-state index in [1.54, 1.807) is 0 Å². The molecule has 320 valence electrons. The highest BCUT2D eigenvalue weighted by atomic mass is 16.3. The first-order chi connectivity index (χ1) is 33.7. The first kappa shape index (κ1) is 39.3. The van der Waals surface area contributed by atoms with Gasteiger partial charge in [-0.3, -0.25) is 0 Å². The summed E-state index contributed by atoms with van der Waals surface area (Å²) in [5, 5.41) is 6.69. The molecule has 0 aliphatic carbocycles. The normalized spacial score (nSPS) is 11.5. The number of fused-ring (bicyclic) bond motifs is 7. The number of benzene rings is 11. The van der Waals surface area contributed by atoms with E-state index in [1.807, 2.05) is 6.07 Å². The minimum atomic E-state index is 0.844. The Labute approximate surface area is 393 Å². The Balaban J connectivity index is 0.902. The average Bonchev–Trinajstić information content (AvgIpc) is 4.00. The molecule has 4 nitrogen and oxygen atoms in total. The first-order valence-corrected chi connectivity index (χ1v) is 23.1. The monoisotopic (exact) mass is 870 g/mol. The van der Waals surface area contributed by atoms with Gasteiger partial charge in [-0.25, -0.2) is 0 Å². The van der Waals surface area contributed by atoms with Crippen LogP contribution in [0, 0.1) is 0 Å². The summed E-state index contributed by atoms with van der Waals surface area (Å²) in [6.45, 7) is 0. The molecule has 2 heterocycles. The van der Waals surface area contributed by atoms with Crippen LogP contribution >= 0.6 is 0 Å². The Morgan fingerprint density at radius 2 is 0.588 bits per heavy atom. The van der Waals surface area contributed by atoms with E-state index < -0.39 is 0 Å². The predicted octanol–water partition coefficient (Wildman–Crippen LogP) is 18.6. The number of anilines is 6. The average molecular weight is 871 g/mol. The molecule has 0 unspecified atom stereocenters. The lowest BCUT2D eigenvalue weighted by Gasteiger charge is -2.27. The maximum atomic E-state index is 7.00. The molecule has 0 N–H and O–H groups in total. The van der Waals surface area contributed by atoms with Gasteiger partial charge in [-0.05, 0) is 82.2 Å². The fourth-order valence-corrected chi connectivity index (χ4v) is 10.1. The fourth-order valence-electron chi connectivity index (χ4n) is 10.1. The molecule has 0 aliphatic heterocycles. The van der Waals surface area contributed by atoms with E-state index in [2.05, 4.69) is 259 Å². The van der Waals surface area contributed by atoms with E-state index in [4.69, 9.17) is 8.83 Å².